The second kappa shape index (κ2) is 14.3. The number of piperazine rings is 1. The molecule has 3 aromatic heterocycles. The first-order valence-electron chi connectivity index (χ1n) is 19.4. The normalized spacial score (nSPS) is 19.7. The van der Waals surface area contributed by atoms with Crippen molar-refractivity contribution in [3.63, 3.8) is 0 Å². The molecule has 0 saturated carbocycles. The van der Waals surface area contributed by atoms with E-state index in [9.17, 15) is 23.6 Å². The first-order valence-corrected chi connectivity index (χ1v) is 19.4. The molecule has 56 heavy (non-hydrogen) atoms. The summed E-state index contributed by atoms with van der Waals surface area (Å²) in [6.45, 7) is 6.43. The third-order valence-electron chi connectivity index (χ3n) is 12.0. The molecule has 7 heterocycles. The molecule has 2 aromatic carbocycles. The fourth-order valence-electron chi connectivity index (χ4n) is 8.85. The Labute approximate surface area is 323 Å². The number of piperidine rings is 2. The average molecular weight is 758 g/mol. The van der Waals surface area contributed by atoms with Gasteiger partial charge in [-0.15, -0.1) is 0 Å². The molecule has 0 spiro atoms. The van der Waals surface area contributed by atoms with Crippen molar-refractivity contribution >= 4 is 62.5 Å². The summed E-state index contributed by atoms with van der Waals surface area (Å²) in [5, 5.41) is 5.03. The van der Waals surface area contributed by atoms with Crippen molar-refractivity contribution < 1.29 is 23.6 Å². The molecule has 13 nitrogen and oxygen atoms in total. The van der Waals surface area contributed by atoms with Crippen molar-refractivity contribution in [2.45, 2.75) is 38.1 Å². The number of pyridine rings is 2. The molecule has 288 valence electrons. The lowest BCUT2D eigenvalue weighted by Crippen LogP contribution is -2.54. The Kier molecular flexibility index (Phi) is 9.15. The highest BCUT2D eigenvalue weighted by Gasteiger charge is 2.44. The van der Waals surface area contributed by atoms with Crippen LogP contribution in [0, 0.1) is 11.7 Å². The van der Waals surface area contributed by atoms with Gasteiger partial charge in [-0.05, 0) is 86.7 Å². The highest BCUT2D eigenvalue weighted by molar-refractivity contribution is 6.23. The maximum Gasteiger partial charge on any atom is 0.262 e. The molecule has 3 fully saturated rings. The summed E-state index contributed by atoms with van der Waals surface area (Å²) < 4.78 is 16.7. The van der Waals surface area contributed by atoms with Gasteiger partial charge in [-0.2, -0.15) is 0 Å². The van der Waals surface area contributed by atoms with Crippen LogP contribution in [0.4, 0.5) is 21.6 Å². The van der Waals surface area contributed by atoms with Crippen LogP contribution in [0.5, 0.6) is 0 Å². The van der Waals surface area contributed by atoms with E-state index >= 15 is 0 Å². The van der Waals surface area contributed by atoms with E-state index in [1.54, 1.807) is 29.3 Å². The number of nitrogens with zero attached hydrogens (tertiary/aromatic N) is 8. The third kappa shape index (κ3) is 6.41. The zero-order valence-corrected chi connectivity index (χ0v) is 31.6. The largest absolute Gasteiger partial charge is 0.375 e. The number of hydrogen-bond donors (Lipinski definition) is 1. The maximum atomic E-state index is 14.7. The smallest absolute Gasteiger partial charge is 0.262 e. The fraction of sp³-hybridized carbons (Fsp3) is 0.381. The number of halogens is 1. The Hall–Kier alpha value is -5.89. The summed E-state index contributed by atoms with van der Waals surface area (Å²) in [5.41, 5.74) is 3.01. The summed E-state index contributed by atoms with van der Waals surface area (Å²) in [5.74, 6) is 0.140. The minimum absolute atomic E-state index is 0.0974. The summed E-state index contributed by atoms with van der Waals surface area (Å²) in [6, 6.07) is 13.8. The van der Waals surface area contributed by atoms with E-state index in [1.165, 1.54) is 6.07 Å². The number of amides is 4. The van der Waals surface area contributed by atoms with Gasteiger partial charge in [-0.1, -0.05) is 0 Å². The van der Waals surface area contributed by atoms with Gasteiger partial charge < -0.3 is 14.7 Å². The van der Waals surface area contributed by atoms with Crippen LogP contribution in [-0.2, 0) is 9.59 Å². The van der Waals surface area contributed by atoms with E-state index < -0.39 is 23.8 Å². The zero-order chi connectivity index (χ0) is 38.7. The number of benzene rings is 2. The summed E-state index contributed by atoms with van der Waals surface area (Å²) >= 11 is 0. The van der Waals surface area contributed by atoms with Crippen LogP contribution < -0.4 is 20.0 Å². The van der Waals surface area contributed by atoms with E-state index in [1.807, 2.05) is 43.2 Å². The third-order valence-corrected chi connectivity index (χ3v) is 12.0. The second-order valence-corrected chi connectivity index (χ2v) is 15.6. The van der Waals surface area contributed by atoms with Gasteiger partial charge in [0.15, 0.2) is 0 Å². The van der Waals surface area contributed by atoms with Crippen LogP contribution in [0.3, 0.4) is 0 Å². The number of hydrogen-bond acceptors (Lipinski definition) is 10. The van der Waals surface area contributed by atoms with Crippen LogP contribution in [0.25, 0.3) is 27.5 Å². The summed E-state index contributed by atoms with van der Waals surface area (Å²) in [4.78, 5) is 70.0. The van der Waals surface area contributed by atoms with Crippen molar-refractivity contribution in [1.82, 2.24) is 29.7 Å². The number of fused-ring (bicyclic) bond motifs is 3. The Morgan fingerprint density at radius 1 is 0.786 bits per heavy atom. The maximum absolute atomic E-state index is 14.7. The SMILES string of the molecule is CN(C)c1c(F)ccc2cnc(-n3ccc4cc(N5CCC(CCN6CCN(c7ccc8c(c7)C(=O)N(C7CCC(=O)NC7=O)C8=O)CC6)CC5)ncc43)cc12. The Morgan fingerprint density at radius 2 is 1.55 bits per heavy atom. The van der Waals surface area contributed by atoms with Crippen molar-refractivity contribution in [3.8, 4) is 5.82 Å². The van der Waals surface area contributed by atoms with Gasteiger partial charge in [-0.25, -0.2) is 14.4 Å². The van der Waals surface area contributed by atoms with Gasteiger partial charge in [-0.3, -0.25) is 38.9 Å². The second-order valence-electron chi connectivity index (χ2n) is 15.6. The molecular formula is C42H44FN9O4. The molecular weight excluding hydrogens is 714 g/mol. The number of nitrogens with one attached hydrogen (secondary N) is 1. The highest BCUT2D eigenvalue weighted by Crippen LogP contribution is 2.33. The fourth-order valence-corrected chi connectivity index (χ4v) is 8.85. The van der Waals surface area contributed by atoms with Crippen molar-refractivity contribution in [3.05, 3.63) is 84.1 Å². The van der Waals surface area contributed by atoms with E-state index in [4.69, 9.17) is 9.97 Å². The molecule has 4 aliphatic heterocycles. The molecule has 4 amide bonds. The number of aromatic nitrogens is 3. The Balaban J connectivity index is 0.770. The quantitative estimate of drug-likeness (QED) is 0.225. The Bertz CT molecular complexity index is 2400. The van der Waals surface area contributed by atoms with Gasteiger partial charge in [0.25, 0.3) is 11.8 Å². The number of carbonyl (C=O) groups is 4. The van der Waals surface area contributed by atoms with Gasteiger partial charge >= 0.3 is 0 Å². The van der Waals surface area contributed by atoms with Gasteiger partial charge in [0.1, 0.15) is 23.5 Å². The van der Waals surface area contributed by atoms with Gasteiger partial charge in [0.2, 0.25) is 11.8 Å². The predicted molar refractivity (Wildman–Crippen MR) is 212 cm³/mol. The van der Waals surface area contributed by atoms with Crippen LogP contribution >= 0.6 is 0 Å². The van der Waals surface area contributed by atoms with E-state index in [0.717, 1.165) is 109 Å². The first kappa shape index (κ1) is 35.8. The van der Waals surface area contributed by atoms with Crippen LogP contribution in [0.1, 0.15) is 52.8 Å². The first-order chi connectivity index (χ1) is 27.1. The minimum Gasteiger partial charge on any atom is -0.375 e. The van der Waals surface area contributed by atoms with E-state index in [-0.39, 0.29) is 24.6 Å². The number of anilines is 3. The van der Waals surface area contributed by atoms with E-state index in [2.05, 4.69) is 32.1 Å². The summed E-state index contributed by atoms with van der Waals surface area (Å²) in [7, 11) is 3.69. The van der Waals surface area contributed by atoms with Crippen LogP contribution in [-0.4, -0.2) is 114 Å². The molecule has 1 atom stereocenters. The van der Waals surface area contributed by atoms with Gasteiger partial charge in [0.05, 0.1) is 28.5 Å². The van der Waals surface area contributed by atoms with Crippen LogP contribution in [0.2, 0.25) is 0 Å². The molecule has 4 aliphatic rings. The molecule has 0 aliphatic carbocycles. The number of carbonyl (C=O) groups excluding carboxylic acids is 4. The van der Waals surface area contributed by atoms with Gasteiger partial charge in [0, 0.05) is 94.0 Å². The highest BCUT2D eigenvalue weighted by atomic mass is 19.1. The summed E-state index contributed by atoms with van der Waals surface area (Å²) in [6.07, 6.45) is 9.32. The van der Waals surface area contributed by atoms with Crippen molar-refractivity contribution in [1.29, 1.82) is 0 Å². The minimum atomic E-state index is -0.966. The monoisotopic (exact) mass is 757 g/mol. The predicted octanol–water partition coefficient (Wildman–Crippen LogP) is 4.61. The average Bonchev–Trinajstić information content (AvgIpc) is 3.74. The number of rotatable bonds is 8. The zero-order valence-electron chi connectivity index (χ0n) is 31.6. The van der Waals surface area contributed by atoms with Crippen molar-refractivity contribution in [2.75, 3.05) is 74.6 Å². The lowest BCUT2D eigenvalue weighted by molar-refractivity contribution is -0.136. The number of imide groups is 2. The lowest BCUT2D eigenvalue weighted by Gasteiger charge is -2.38. The topological polar surface area (TPSA) is 127 Å². The Morgan fingerprint density at radius 3 is 2.32 bits per heavy atom. The standard InChI is InChI=1S/C42H44FN9O4/c1-47(2)39-31-23-37(44-24-28(31)3-6-33(39)43)51-16-12-27-21-36(45-25-35(27)51)50-14-10-26(11-15-50)9-13-48-17-19-49(20-18-48)29-4-5-30-32(22-29)42(56)52(41(30)55)34-7-8-38(53)46-40(34)54/h3-6,12,16,21-26,34H,7-11,13-15,17-20H2,1-2H3,(H,46,53,54). The molecule has 1 unspecified atom stereocenters. The molecule has 0 radical (unpaired) electrons. The van der Waals surface area contributed by atoms with Crippen LogP contribution in [0.15, 0.2) is 67.1 Å². The molecule has 14 heteroatoms. The molecule has 3 saturated heterocycles. The molecule has 9 rings (SSSR count). The molecule has 0 bridgehead atoms. The molecule has 1 N–H and O–H groups in total. The lowest BCUT2D eigenvalue weighted by atomic mass is 9.93. The molecule has 5 aromatic rings. The van der Waals surface area contributed by atoms with E-state index in [0.29, 0.717) is 22.7 Å². The van der Waals surface area contributed by atoms with Crippen molar-refractivity contribution in [2.24, 2.45) is 5.92 Å².